The molecule has 0 radical (unpaired) electrons. The van der Waals surface area contributed by atoms with E-state index in [9.17, 15) is 4.79 Å². The van der Waals surface area contributed by atoms with Crippen LogP contribution in [0.1, 0.15) is 86.0 Å². The van der Waals surface area contributed by atoms with Gasteiger partial charge in [0.05, 0.1) is 25.0 Å². The second-order valence-electron chi connectivity index (χ2n) is 12.1. The van der Waals surface area contributed by atoms with E-state index in [1.807, 2.05) is 0 Å². The number of nitrogens with two attached hydrogens (primary N) is 1. The lowest BCUT2D eigenvalue weighted by molar-refractivity contribution is -0.640. The first kappa shape index (κ1) is 24.2. The van der Waals surface area contributed by atoms with Crippen LogP contribution in [0.4, 0.5) is 0 Å². The minimum Gasteiger partial charge on any atom is -0.354 e. The van der Waals surface area contributed by atoms with Gasteiger partial charge >= 0.3 is 0 Å². The number of carbonyl (C=O) groups excluding carboxylic acids is 1. The quantitative estimate of drug-likeness (QED) is 0.681. The summed E-state index contributed by atoms with van der Waals surface area (Å²) in [6, 6.07) is 18.3. The summed E-state index contributed by atoms with van der Waals surface area (Å²) < 4.78 is 0. The third kappa shape index (κ3) is 4.20. The molecule has 3 fully saturated rings. The van der Waals surface area contributed by atoms with Crippen LogP contribution in [0.15, 0.2) is 48.5 Å². The maximum atomic E-state index is 14.6. The second-order valence-corrected chi connectivity index (χ2v) is 12.1. The molecular weight excluding hydrogens is 442 g/mol. The van der Waals surface area contributed by atoms with E-state index in [2.05, 4.69) is 64.5 Å². The molecule has 2 aromatic rings. The normalized spacial score (nSPS) is 30.9. The number of piperidine rings is 1. The van der Waals surface area contributed by atoms with Crippen LogP contribution in [0.5, 0.6) is 0 Å². The van der Waals surface area contributed by atoms with E-state index in [1.54, 1.807) is 0 Å². The zero-order valence-electron chi connectivity index (χ0n) is 22.0. The number of likely N-dealkylation sites (tertiary alicyclic amines) is 1. The Kier molecular flexibility index (Phi) is 6.92. The maximum Gasteiger partial charge on any atom is 0.232 e. The van der Waals surface area contributed by atoms with Gasteiger partial charge in [-0.25, -0.2) is 0 Å². The molecule has 2 heterocycles. The average Bonchev–Trinajstić information content (AvgIpc) is 3.37. The van der Waals surface area contributed by atoms with Gasteiger partial charge in [-0.3, -0.25) is 4.79 Å². The first-order valence-corrected chi connectivity index (χ1v) is 14.8. The van der Waals surface area contributed by atoms with E-state index in [1.165, 1.54) is 60.8 Å². The van der Waals surface area contributed by atoms with Crippen molar-refractivity contribution in [3.8, 4) is 0 Å². The highest BCUT2D eigenvalue weighted by Crippen LogP contribution is 2.47. The zero-order valence-corrected chi connectivity index (χ0v) is 22.0. The molecule has 6 rings (SSSR count). The molecule has 2 aromatic carbocycles. The summed E-state index contributed by atoms with van der Waals surface area (Å²) in [5, 5.41) is 2.45. The van der Waals surface area contributed by atoms with Crippen molar-refractivity contribution in [2.45, 2.75) is 88.1 Å². The molecule has 5 N–H and O–H groups in total. The highest BCUT2D eigenvalue weighted by Gasteiger charge is 2.55. The van der Waals surface area contributed by atoms with Gasteiger partial charge in [0.15, 0.2) is 0 Å². The van der Waals surface area contributed by atoms with Gasteiger partial charge in [-0.15, -0.1) is 0 Å². The van der Waals surface area contributed by atoms with Crippen LogP contribution in [-0.4, -0.2) is 36.5 Å². The fourth-order valence-electron chi connectivity index (χ4n) is 8.60. The van der Waals surface area contributed by atoms with Crippen molar-refractivity contribution in [3.05, 3.63) is 70.8 Å². The summed E-state index contributed by atoms with van der Waals surface area (Å²) in [7, 11) is 0. The molecule has 4 aliphatic rings. The Morgan fingerprint density at radius 3 is 2.64 bits per heavy atom. The van der Waals surface area contributed by atoms with Crippen LogP contribution < -0.4 is 11.1 Å². The van der Waals surface area contributed by atoms with Gasteiger partial charge in [-0.05, 0) is 73.5 Å². The largest absolute Gasteiger partial charge is 0.354 e. The van der Waals surface area contributed by atoms with Crippen molar-refractivity contribution in [2.24, 2.45) is 11.8 Å². The van der Waals surface area contributed by atoms with Crippen LogP contribution in [0.2, 0.25) is 0 Å². The predicted octanol–water partition coefficient (Wildman–Crippen LogP) is 3.55. The average molecular weight is 488 g/mol. The molecule has 0 aromatic heterocycles. The third-order valence-electron chi connectivity index (χ3n) is 10.4. The van der Waals surface area contributed by atoms with Gasteiger partial charge in [0.2, 0.25) is 5.91 Å². The lowest BCUT2D eigenvalue weighted by atomic mass is 9.63. The van der Waals surface area contributed by atoms with Crippen LogP contribution in [-0.2, 0) is 23.2 Å². The lowest BCUT2D eigenvalue weighted by Crippen LogP contribution is -2.82. The number of amides is 1. The smallest absolute Gasteiger partial charge is 0.232 e. The lowest BCUT2D eigenvalue weighted by Gasteiger charge is -2.47. The number of quaternary nitrogens is 2. The number of nitrogens with zero attached hydrogens (tertiary/aromatic N) is 1. The van der Waals surface area contributed by atoms with E-state index < -0.39 is 0 Å². The molecule has 4 heteroatoms. The summed E-state index contributed by atoms with van der Waals surface area (Å²) in [5.41, 5.74) is 10.1. The summed E-state index contributed by atoms with van der Waals surface area (Å²) in [6.07, 6.45) is 12.4. The number of hydrogen-bond donors (Lipinski definition) is 2. The Morgan fingerprint density at radius 1 is 1.00 bits per heavy atom. The number of hydrogen-bond acceptors (Lipinski definition) is 1. The summed E-state index contributed by atoms with van der Waals surface area (Å²) >= 11 is 0. The molecule has 4 atom stereocenters. The third-order valence-corrected chi connectivity index (χ3v) is 10.4. The minimum atomic E-state index is 0.00321. The van der Waals surface area contributed by atoms with Crippen molar-refractivity contribution in [3.63, 3.8) is 0 Å². The van der Waals surface area contributed by atoms with Gasteiger partial charge in [0, 0.05) is 18.2 Å². The van der Waals surface area contributed by atoms with Crippen LogP contribution >= 0.6 is 0 Å². The van der Waals surface area contributed by atoms with Crippen molar-refractivity contribution < 1.29 is 15.8 Å². The van der Waals surface area contributed by atoms with E-state index in [4.69, 9.17) is 0 Å². The van der Waals surface area contributed by atoms with E-state index in [-0.39, 0.29) is 11.3 Å². The summed E-state index contributed by atoms with van der Waals surface area (Å²) in [6.45, 7) is 3.78. The predicted molar refractivity (Wildman–Crippen MR) is 143 cm³/mol. The Balaban J connectivity index is 1.31. The summed E-state index contributed by atoms with van der Waals surface area (Å²) in [5.74, 6) is 1.84. The fraction of sp³-hybridized carbons (Fsp3) is 0.594. The molecule has 192 valence electrons. The molecule has 1 amide bonds. The van der Waals surface area contributed by atoms with Crippen LogP contribution in [0.25, 0.3) is 0 Å². The molecule has 1 saturated carbocycles. The molecule has 0 bridgehead atoms. The molecule has 2 saturated heterocycles. The number of benzene rings is 2. The van der Waals surface area contributed by atoms with Crippen molar-refractivity contribution in [1.29, 1.82) is 0 Å². The molecule has 2 aliphatic carbocycles. The Labute approximate surface area is 217 Å². The van der Waals surface area contributed by atoms with Gasteiger partial charge in [-0.1, -0.05) is 67.8 Å². The molecule has 1 spiro atoms. The van der Waals surface area contributed by atoms with Gasteiger partial charge < -0.3 is 16.0 Å². The highest BCUT2D eigenvalue weighted by molar-refractivity contribution is 5.82. The highest BCUT2D eigenvalue weighted by atomic mass is 16.2. The zero-order chi connectivity index (χ0) is 24.5. The summed E-state index contributed by atoms with van der Waals surface area (Å²) in [4.78, 5) is 17.0. The SMILES string of the molecule is [NH3+]Cc1cccc2c1CCC[C@]21C[NH2+]C[C@H]1C(=O)N1CC[C@@H](c2ccccc2)C[C@H]1C1CCCCC1. The molecule has 4 nitrogen and oxygen atoms in total. The van der Waals surface area contributed by atoms with Crippen LogP contribution in [0.3, 0.4) is 0 Å². The topological polar surface area (TPSA) is 64.6 Å². The van der Waals surface area contributed by atoms with Crippen molar-refractivity contribution in [1.82, 2.24) is 4.90 Å². The Bertz CT molecular complexity index is 1060. The number of rotatable bonds is 4. The van der Waals surface area contributed by atoms with E-state index in [0.717, 1.165) is 51.9 Å². The Morgan fingerprint density at radius 2 is 1.83 bits per heavy atom. The van der Waals surface area contributed by atoms with Gasteiger partial charge in [-0.2, -0.15) is 0 Å². The van der Waals surface area contributed by atoms with Crippen molar-refractivity contribution in [2.75, 3.05) is 19.6 Å². The first-order valence-electron chi connectivity index (χ1n) is 14.8. The maximum absolute atomic E-state index is 14.6. The molecule has 2 aliphatic heterocycles. The number of carbonyl (C=O) groups is 1. The Hall–Kier alpha value is -2.17. The van der Waals surface area contributed by atoms with E-state index in [0.29, 0.717) is 23.8 Å². The first-order chi connectivity index (χ1) is 17.7. The minimum absolute atomic E-state index is 0.00321. The monoisotopic (exact) mass is 487 g/mol. The standard InChI is InChI=1S/C32H43N3O/c33-20-26-13-7-15-28-27(26)14-8-17-32(28)22-34-21-29(32)31(36)35-18-16-25(23-9-3-1-4-10-23)19-30(35)24-11-5-2-6-12-24/h1,3-4,7,9-10,13,15,24-25,29-30,34H,2,5-6,8,11-12,14,16-22,33H2/p+2/t25-,29+,30+,32+/m1/s1. The van der Waals surface area contributed by atoms with E-state index >= 15 is 0 Å². The second kappa shape index (κ2) is 10.3. The van der Waals surface area contributed by atoms with Crippen LogP contribution in [0, 0.1) is 11.8 Å². The molecule has 36 heavy (non-hydrogen) atoms. The fourth-order valence-corrected chi connectivity index (χ4v) is 8.60. The number of fused-ring (bicyclic) bond motifs is 2. The van der Waals surface area contributed by atoms with Crippen molar-refractivity contribution >= 4 is 5.91 Å². The molecule has 0 unspecified atom stereocenters. The molecular formula is C32H45N3O+2. The van der Waals surface area contributed by atoms with Gasteiger partial charge in [0.25, 0.3) is 0 Å². The van der Waals surface area contributed by atoms with Gasteiger partial charge in [0.1, 0.15) is 5.92 Å².